The van der Waals surface area contributed by atoms with Crippen LogP contribution in [0.1, 0.15) is 136 Å². The van der Waals surface area contributed by atoms with Gasteiger partial charge in [-0.1, -0.05) is 149 Å². The molecule has 0 aliphatic rings. The molecule has 0 rings (SSSR count). The van der Waals surface area contributed by atoms with Crippen LogP contribution < -0.4 is 0 Å². The zero-order valence-corrected chi connectivity index (χ0v) is 39.4. The Bertz CT molecular complexity index is 1420. The molecule has 0 aliphatic carbocycles. The summed E-state index contributed by atoms with van der Waals surface area (Å²) in [5.74, 6) is -0.941. The van der Waals surface area contributed by atoms with Crippen LogP contribution in [0.15, 0.2) is 109 Å². The van der Waals surface area contributed by atoms with Crippen molar-refractivity contribution in [2.45, 2.75) is 148 Å². The third-order valence-corrected chi connectivity index (χ3v) is 9.88. The fraction of sp³-hybridized carbons (Fsp3) is 0.600. The molecule has 0 saturated carbocycles. The van der Waals surface area contributed by atoms with E-state index in [1.54, 1.807) is 0 Å². The number of allylic oxidation sites excluding steroid dienone is 17. The van der Waals surface area contributed by atoms with Crippen molar-refractivity contribution in [1.82, 2.24) is 0 Å². The SMILES string of the molecule is CC/C=C\C/C=C\C/C=C\C/C=C\C/C=C\CCCCCC(=O)OC[C@H](COP(=O)(O)OCC[N+](C)(C)C)OC(=O)CCC/C=C\C/C=C\C/C=C\C=C\[C@@H](O)CCCCC. The molecule has 0 aromatic heterocycles. The van der Waals surface area contributed by atoms with Crippen molar-refractivity contribution in [3.63, 3.8) is 0 Å². The summed E-state index contributed by atoms with van der Waals surface area (Å²) < 4.78 is 34.2. The highest BCUT2D eigenvalue weighted by atomic mass is 31.2. The Labute approximate surface area is 370 Å². The number of hydrogen-bond donors (Lipinski definition) is 2. The molecule has 0 amide bonds. The highest BCUT2D eigenvalue weighted by Gasteiger charge is 2.27. The number of esters is 2. The lowest BCUT2D eigenvalue weighted by Gasteiger charge is -2.24. The third kappa shape index (κ3) is 44.5. The summed E-state index contributed by atoms with van der Waals surface area (Å²) in [6.45, 7) is 4.03. The molecule has 0 fully saturated rings. The van der Waals surface area contributed by atoms with Gasteiger partial charge in [0.1, 0.15) is 19.8 Å². The summed E-state index contributed by atoms with van der Waals surface area (Å²) >= 11 is 0. The molecular formula is C50H83NO9P+. The van der Waals surface area contributed by atoms with Gasteiger partial charge in [0.05, 0.1) is 33.9 Å². The topological polar surface area (TPSA) is 129 Å². The normalized spacial score (nSPS) is 15.1. The maximum Gasteiger partial charge on any atom is 0.472 e. The Hall–Kier alpha value is -3.37. The number of aliphatic hydroxyl groups excluding tert-OH is 1. The molecule has 1 unspecified atom stereocenters. The van der Waals surface area contributed by atoms with E-state index < -0.39 is 32.5 Å². The first-order valence-electron chi connectivity index (χ1n) is 22.7. The fourth-order valence-corrected chi connectivity index (χ4v) is 6.06. The van der Waals surface area contributed by atoms with Crippen molar-refractivity contribution < 1.29 is 47.2 Å². The van der Waals surface area contributed by atoms with E-state index in [1.165, 1.54) is 0 Å². The lowest BCUT2D eigenvalue weighted by atomic mass is 10.1. The van der Waals surface area contributed by atoms with E-state index >= 15 is 0 Å². The number of likely N-dealkylation sites (N-methyl/N-ethyl adjacent to an activating group) is 1. The zero-order valence-electron chi connectivity index (χ0n) is 38.5. The molecule has 0 spiro atoms. The van der Waals surface area contributed by atoms with E-state index in [4.69, 9.17) is 18.5 Å². The maximum atomic E-state index is 12.7. The average Bonchev–Trinajstić information content (AvgIpc) is 3.21. The first-order chi connectivity index (χ1) is 29.4. The predicted molar refractivity (Wildman–Crippen MR) is 253 cm³/mol. The lowest BCUT2D eigenvalue weighted by Crippen LogP contribution is -2.37. The Morgan fingerprint density at radius 1 is 0.607 bits per heavy atom. The minimum atomic E-state index is -4.42. The number of phosphoric acid groups is 1. The number of rotatable bonds is 39. The number of quaternary nitrogens is 1. The molecule has 11 heteroatoms. The first kappa shape index (κ1) is 57.6. The van der Waals surface area contributed by atoms with Gasteiger partial charge >= 0.3 is 19.8 Å². The molecule has 10 nitrogen and oxygen atoms in total. The summed E-state index contributed by atoms with van der Waals surface area (Å²) in [6.07, 6.45) is 51.8. The maximum absolute atomic E-state index is 12.7. The number of carbonyl (C=O) groups excluding carboxylic acids is 2. The first-order valence-corrected chi connectivity index (χ1v) is 24.2. The second-order valence-corrected chi connectivity index (χ2v) is 17.3. The van der Waals surface area contributed by atoms with Crippen LogP contribution in [0.25, 0.3) is 0 Å². The Kier molecular flexibility index (Phi) is 38.4. The molecule has 0 aromatic rings. The Morgan fingerprint density at radius 2 is 1.15 bits per heavy atom. The molecule has 2 N–H and O–H groups in total. The number of hydrogen-bond acceptors (Lipinski definition) is 8. The van der Waals surface area contributed by atoms with Crippen LogP contribution >= 0.6 is 7.82 Å². The Balaban J connectivity index is 4.56. The zero-order chi connectivity index (χ0) is 45.1. The smallest absolute Gasteiger partial charge is 0.462 e. The lowest BCUT2D eigenvalue weighted by molar-refractivity contribution is -0.870. The van der Waals surface area contributed by atoms with Gasteiger partial charge in [-0.25, -0.2) is 4.57 Å². The molecular weight excluding hydrogens is 790 g/mol. The largest absolute Gasteiger partial charge is 0.472 e. The predicted octanol–water partition coefficient (Wildman–Crippen LogP) is 12.1. The molecule has 346 valence electrons. The van der Waals surface area contributed by atoms with E-state index in [0.717, 1.165) is 89.9 Å². The van der Waals surface area contributed by atoms with E-state index in [9.17, 15) is 24.2 Å². The average molecular weight is 873 g/mol. The van der Waals surface area contributed by atoms with Crippen LogP contribution in [-0.4, -0.2) is 86.1 Å². The van der Waals surface area contributed by atoms with Gasteiger partial charge in [-0.15, -0.1) is 0 Å². The van der Waals surface area contributed by atoms with E-state index in [2.05, 4.69) is 86.8 Å². The number of unbranched alkanes of at least 4 members (excludes halogenated alkanes) is 6. The van der Waals surface area contributed by atoms with Crippen LogP contribution in [-0.2, 0) is 32.7 Å². The molecule has 0 radical (unpaired) electrons. The van der Waals surface area contributed by atoms with Crippen molar-refractivity contribution in [3.05, 3.63) is 109 Å². The minimum Gasteiger partial charge on any atom is -0.462 e. The monoisotopic (exact) mass is 873 g/mol. The molecule has 0 aromatic carbocycles. The van der Waals surface area contributed by atoms with Crippen molar-refractivity contribution in [1.29, 1.82) is 0 Å². The van der Waals surface area contributed by atoms with Crippen LogP contribution in [0.5, 0.6) is 0 Å². The van der Waals surface area contributed by atoms with E-state index in [0.29, 0.717) is 30.3 Å². The number of phosphoric ester groups is 1. The number of nitrogens with zero attached hydrogens (tertiary/aromatic N) is 1. The van der Waals surface area contributed by atoms with Gasteiger partial charge in [0.15, 0.2) is 6.10 Å². The van der Waals surface area contributed by atoms with Gasteiger partial charge in [0.25, 0.3) is 0 Å². The third-order valence-electron chi connectivity index (χ3n) is 8.89. The van der Waals surface area contributed by atoms with E-state index in [-0.39, 0.29) is 32.2 Å². The summed E-state index contributed by atoms with van der Waals surface area (Å²) in [4.78, 5) is 35.4. The van der Waals surface area contributed by atoms with Crippen LogP contribution in [0.2, 0.25) is 0 Å². The van der Waals surface area contributed by atoms with Crippen LogP contribution in [0.3, 0.4) is 0 Å². The Morgan fingerprint density at radius 3 is 1.72 bits per heavy atom. The standard InChI is InChI=1S/C50H82NO9P/c1-6-8-10-11-12-13-14-15-16-17-18-19-20-21-24-27-30-33-37-41-49(53)57-45-48(46-59-61(55,56)58-44-43-51(3,4)5)60-50(54)42-38-34-31-28-25-22-23-26-29-32-36-40-47(52)39-35-9-7-2/h8,10,12-13,15-16,18-19,21-24,28-29,31-32,36,40,47-48,52H,6-7,9,11,14,17,20,25-27,30,33-35,37-39,41-46H2,1-5H3/p+1/b10-8-,13-12-,16-15-,19-18-,23-22-,24-21-,31-28-,32-29-,40-36+/t47-,48+/m0/s1. The summed E-state index contributed by atoms with van der Waals surface area (Å²) in [6, 6.07) is 0. The van der Waals surface area contributed by atoms with Crippen LogP contribution in [0, 0.1) is 0 Å². The molecule has 0 aliphatic heterocycles. The summed E-state index contributed by atoms with van der Waals surface area (Å²) in [5.41, 5.74) is 0. The van der Waals surface area contributed by atoms with Gasteiger partial charge in [-0.3, -0.25) is 18.6 Å². The second kappa shape index (κ2) is 40.7. The minimum absolute atomic E-state index is 0.000827. The van der Waals surface area contributed by atoms with Gasteiger partial charge in [0.2, 0.25) is 0 Å². The van der Waals surface area contributed by atoms with Gasteiger partial charge in [-0.2, -0.15) is 0 Å². The molecule has 0 bridgehead atoms. The second-order valence-electron chi connectivity index (χ2n) is 15.9. The van der Waals surface area contributed by atoms with Crippen molar-refractivity contribution >= 4 is 19.8 Å². The summed E-state index contributed by atoms with van der Waals surface area (Å²) in [7, 11) is 1.37. The van der Waals surface area contributed by atoms with Crippen LogP contribution in [0.4, 0.5) is 0 Å². The molecule has 0 saturated heterocycles. The van der Waals surface area contributed by atoms with Crippen molar-refractivity contribution in [2.24, 2.45) is 0 Å². The highest BCUT2D eigenvalue weighted by molar-refractivity contribution is 7.47. The molecule has 61 heavy (non-hydrogen) atoms. The van der Waals surface area contributed by atoms with Crippen molar-refractivity contribution in [3.8, 4) is 0 Å². The highest BCUT2D eigenvalue weighted by Crippen LogP contribution is 2.43. The van der Waals surface area contributed by atoms with E-state index in [1.807, 2.05) is 57.6 Å². The quantitative estimate of drug-likeness (QED) is 0.0155. The number of carbonyl (C=O) groups is 2. The summed E-state index contributed by atoms with van der Waals surface area (Å²) in [5, 5.41) is 9.92. The fourth-order valence-electron chi connectivity index (χ4n) is 5.32. The van der Waals surface area contributed by atoms with Gasteiger partial charge < -0.3 is 24.0 Å². The number of ether oxygens (including phenoxy) is 2. The molecule has 3 atom stereocenters. The van der Waals surface area contributed by atoms with Crippen molar-refractivity contribution in [2.75, 3.05) is 47.5 Å². The van der Waals surface area contributed by atoms with Gasteiger partial charge in [0, 0.05) is 12.8 Å². The molecule has 0 heterocycles. The number of aliphatic hydroxyl groups is 1. The van der Waals surface area contributed by atoms with Gasteiger partial charge in [-0.05, 0) is 83.5 Å².